The van der Waals surface area contributed by atoms with Gasteiger partial charge in [-0.15, -0.1) is 0 Å². The smallest absolute Gasteiger partial charge is 0.246 e. The molecule has 0 heterocycles. The molecule has 1 aromatic rings. The van der Waals surface area contributed by atoms with Crippen molar-refractivity contribution in [3.63, 3.8) is 0 Å². The summed E-state index contributed by atoms with van der Waals surface area (Å²) in [7, 11) is -2.88. The Morgan fingerprint density at radius 2 is 1.95 bits per heavy atom. The van der Waals surface area contributed by atoms with Crippen LogP contribution < -0.4 is 5.32 Å². The van der Waals surface area contributed by atoms with E-state index < -0.39 is 38.7 Å². The van der Waals surface area contributed by atoms with E-state index >= 15 is 0 Å². The summed E-state index contributed by atoms with van der Waals surface area (Å²) in [5.74, 6) is -1.42. The number of likely N-dealkylation sites (N-methyl/N-ethyl adjacent to an activating group) is 1. The average molecular weight is 337 g/mol. The van der Waals surface area contributed by atoms with Gasteiger partial charge in [0.05, 0.1) is 6.54 Å². The highest BCUT2D eigenvalue weighted by Crippen LogP contribution is 2.21. The Kier molecular flexibility index (Phi) is 5.35. The van der Waals surface area contributed by atoms with Crippen LogP contribution in [0.3, 0.4) is 0 Å². The van der Waals surface area contributed by atoms with Crippen LogP contribution >= 0.6 is 11.6 Å². The average Bonchev–Trinajstić information content (AvgIpc) is 2.25. The summed E-state index contributed by atoms with van der Waals surface area (Å²) >= 11 is 5.59. The second kappa shape index (κ2) is 6.29. The molecule has 21 heavy (non-hydrogen) atoms. The first-order chi connectivity index (χ1) is 9.43. The standard InChI is InChI=1S/C13H18ClFN2O3S/c1-13(2,3)16-12(18)8-17(4)21(19,20)11-6-5-9(14)7-10(11)15/h5-7H,8H2,1-4H3,(H,16,18). The van der Waals surface area contributed by atoms with Crippen LogP contribution in [0.25, 0.3) is 0 Å². The molecular weight excluding hydrogens is 319 g/mol. The van der Waals surface area contributed by atoms with Crippen LogP contribution in [0, 0.1) is 5.82 Å². The van der Waals surface area contributed by atoms with Gasteiger partial charge in [0.2, 0.25) is 15.9 Å². The van der Waals surface area contributed by atoms with Gasteiger partial charge < -0.3 is 5.32 Å². The fourth-order valence-corrected chi connectivity index (χ4v) is 2.92. The number of benzene rings is 1. The van der Waals surface area contributed by atoms with E-state index in [4.69, 9.17) is 11.6 Å². The maximum Gasteiger partial charge on any atom is 0.246 e. The van der Waals surface area contributed by atoms with Crippen molar-refractivity contribution in [1.29, 1.82) is 0 Å². The fraction of sp³-hybridized carbons (Fsp3) is 0.462. The summed E-state index contributed by atoms with van der Waals surface area (Å²) in [6.07, 6.45) is 0. The molecule has 0 aromatic heterocycles. The van der Waals surface area contributed by atoms with Gasteiger partial charge in [-0.2, -0.15) is 4.31 Å². The minimum Gasteiger partial charge on any atom is -0.350 e. The topological polar surface area (TPSA) is 66.5 Å². The lowest BCUT2D eigenvalue weighted by Crippen LogP contribution is -2.46. The molecule has 0 saturated carbocycles. The van der Waals surface area contributed by atoms with Crippen LogP contribution in [0.1, 0.15) is 20.8 Å². The van der Waals surface area contributed by atoms with E-state index in [0.717, 1.165) is 16.4 Å². The molecule has 0 bridgehead atoms. The molecule has 0 aliphatic rings. The predicted octanol–water partition coefficient (Wildman–Crippen LogP) is 2.01. The van der Waals surface area contributed by atoms with Gasteiger partial charge in [-0.1, -0.05) is 11.6 Å². The van der Waals surface area contributed by atoms with E-state index in [-0.39, 0.29) is 5.02 Å². The van der Waals surface area contributed by atoms with Gasteiger partial charge >= 0.3 is 0 Å². The van der Waals surface area contributed by atoms with Crippen molar-refractivity contribution in [2.75, 3.05) is 13.6 Å². The Morgan fingerprint density at radius 1 is 1.38 bits per heavy atom. The fourth-order valence-electron chi connectivity index (χ4n) is 1.60. The Labute approximate surface area is 129 Å². The van der Waals surface area contributed by atoms with E-state index in [0.29, 0.717) is 0 Å². The third-order valence-electron chi connectivity index (χ3n) is 2.46. The van der Waals surface area contributed by atoms with Crippen LogP contribution in [0.2, 0.25) is 5.02 Å². The van der Waals surface area contributed by atoms with Crippen molar-refractivity contribution in [1.82, 2.24) is 9.62 Å². The number of amides is 1. The molecule has 1 N–H and O–H groups in total. The van der Waals surface area contributed by atoms with E-state index in [1.54, 1.807) is 20.8 Å². The van der Waals surface area contributed by atoms with Gasteiger partial charge in [-0.25, -0.2) is 12.8 Å². The maximum absolute atomic E-state index is 13.7. The molecule has 0 radical (unpaired) electrons. The zero-order valence-electron chi connectivity index (χ0n) is 12.3. The summed E-state index contributed by atoms with van der Waals surface area (Å²) in [5.41, 5.74) is -0.479. The van der Waals surface area contributed by atoms with Crippen LogP contribution in [0.15, 0.2) is 23.1 Å². The minimum atomic E-state index is -4.10. The molecule has 0 spiro atoms. The van der Waals surface area contributed by atoms with Gasteiger partial charge in [-0.3, -0.25) is 4.79 Å². The van der Waals surface area contributed by atoms with E-state index in [2.05, 4.69) is 5.32 Å². The van der Waals surface area contributed by atoms with Gasteiger partial charge in [0.15, 0.2) is 0 Å². The van der Waals surface area contributed by atoms with Gasteiger partial charge in [0.25, 0.3) is 0 Å². The first kappa shape index (κ1) is 17.9. The molecule has 0 unspecified atom stereocenters. The van der Waals surface area contributed by atoms with Gasteiger partial charge in [-0.05, 0) is 39.0 Å². The molecule has 1 aromatic carbocycles. The van der Waals surface area contributed by atoms with Crippen LogP contribution in [0.4, 0.5) is 4.39 Å². The van der Waals surface area contributed by atoms with Gasteiger partial charge in [0.1, 0.15) is 10.7 Å². The van der Waals surface area contributed by atoms with Crippen molar-refractivity contribution < 1.29 is 17.6 Å². The van der Waals surface area contributed by atoms with Crippen molar-refractivity contribution in [2.45, 2.75) is 31.2 Å². The predicted molar refractivity (Wildman–Crippen MR) is 79.1 cm³/mol. The number of hydrogen-bond acceptors (Lipinski definition) is 3. The van der Waals surface area contributed by atoms with Crippen molar-refractivity contribution in [3.05, 3.63) is 29.0 Å². The minimum absolute atomic E-state index is 0.0968. The number of halogens is 2. The molecule has 0 atom stereocenters. The first-order valence-electron chi connectivity index (χ1n) is 6.16. The second-order valence-corrected chi connectivity index (χ2v) is 8.08. The normalized spacial score (nSPS) is 12.5. The zero-order valence-corrected chi connectivity index (χ0v) is 13.8. The number of carbonyl (C=O) groups excluding carboxylic acids is 1. The summed E-state index contributed by atoms with van der Waals surface area (Å²) in [4.78, 5) is 11.2. The van der Waals surface area contributed by atoms with Crippen LogP contribution in [0.5, 0.6) is 0 Å². The number of carbonyl (C=O) groups is 1. The van der Waals surface area contributed by atoms with E-state index in [1.165, 1.54) is 13.1 Å². The first-order valence-corrected chi connectivity index (χ1v) is 7.98. The Morgan fingerprint density at radius 3 is 2.43 bits per heavy atom. The SMILES string of the molecule is CN(CC(=O)NC(C)(C)C)S(=O)(=O)c1ccc(Cl)cc1F. The highest BCUT2D eigenvalue weighted by molar-refractivity contribution is 7.89. The summed E-state index contributed by atoms with van der Waals surface area (Å²) in [6.45, 7) is 4.93. The maximum atomic E-state index is 13.7. The summed E-state index contributed by atoms with van der Waals surface area (Å²) in [6, 6.07) is 3.27. The van der Waals surface area contributed by atoms with Crippen LogP contribution in [-0.2, 0) is 14.8 Å². The number of nitrogens with one attached hydrogen (secondary N) is 1. The van der Waals surface area contributed by atoms with E-state index in [1.807, 2.05) is 0 Å². The molecule has 0 saturated heterocycles. The summed E-state index contributed by atoms with van der Waals surface area (Å²) < 4.78 is 39.0. The molecular formula is C13H18ClFN2O3S. The van der Waals surface area contributed by atoms with Crippen LogP contribution in [-0.4, -0.2) is 37.8 Å². The third-order valence-corrected chi connectivity index (χ3v) is 4.53. The third kappa shape index (κ3) is 4.94. The van der Waals surface area contributed by atoms with Gasteiger partial charge in [0, 0.05) is 17.6 Å². The second-order valence-electron chi connectivity index (χ2n) is 5.63. The highest BCUT2D eigenvalue weighted by Gasteiger charge is 2.27. The molecule has 0 aliphatic heterocycles. The molecule has 118 valence electrons. The number of hydrogen-bond donors (Lipinski definition) is 1. The monoisotopic (exact) mass is 336 g/mol. The zero-order chi connectivity index (χ0) is 16.4. The lowest BCUT2D eigenvalue weighted by atomic mass is 10.1. The highest BCUT2D eigenvalue weighted by atomic mass is 35.5. The van der Waals surface area contributed by atoms with Crippen molar-refractivity contribution >= 4 is 27.5 Å². The Bertz CT molecular complexity index is 641. The molecule has 8 heteroatoms. The largest absolute Gasteiger partial charge is 0.350 e. The van der Waals surface area contributed by atoms with E-state index in [9.17, 15) is 17.6 Å². The molecule has 1 rings (SSSR count). The number of sulfonamides is 1. The molecule has 1 amide bonds. The Hall–Kier alpha value is -1.18. The van der Waals surface area contributed by atoms with Crippen molar-refractivity contribution in [2.24, 2.45) is 0 Å². The lowest BCUT2D eigenvalue weighted by Gasteiger charge is -2.23. The quantitative estimate of drug-likeness (QED) is 0.914. The Balaban J connectivity index is 2.95. The molecule has 0 fully saturated rings. The lowest BCUT2D eigenvalue weighted by molar-refractivity contribution is -0.122. The summed E-state index contributed by atoms with van der Waals surface area (Å²) in [5, 5.41) is 2.73. The molecule has 0 aliphatic carbocycles. The molecule has 5 nitrogen and oxygen atoms in total. The number of rotatable bonds is 4. The number of nitrogens with zero attached hydrogens (tertiary/aromatic N) is 1. The van der Waals surface area contributed by atoms with Crippen molar-refractivity contribution in [3.8, 4) is 0 Å².